The SMILES string of the molecule is CCCOC(=O)c1cccc(NC(=O)C(C)Oc2ccccc2)c1. The molecule has 0 heterocycles. The summed E-state index contributed by atoms with van der Waals surface area (Å²) in [7, 11) is 0. The summed E-state index contributed by atoms with van der Waals surface area (Å²) in [5.74, 6) is -0.0727. The van der Waals surface area contributed by atoms with E-state index in [1.54, 1.807) is 43.3 Å². The normalized spacial score (nSPS) is 11.4. The summed E-state index contributed by atoms with van der Waals surface area (Å²) in [5, 5.41) is 2.74. The molecule has 0 saturated carbocycles. The fraction of sp³-hybridized carbons (Fsp3) is 0.263. The Morgan fingerprint density at radius 3 is 2.54 bits per heavy atom. The maximum atomic E-state index is 12.2. The smallest absolute Gasteiger partial charge is 0.338 e. The van der Waals surface area contributed by atoms with Gasteiger partial charge in [0.1, 0.15) is 5.75 Å². The Kier molecular flexibility index (Phi) is 6.37. The third-order valence-corrected chi connectivity index (χ3v) is 3.23. The first-order chi connectivity index (χ1) is 11.6. The lowest BCUT2D eigenvalue weighted by Gasteiger charge is -2.15. The van der Waals surface area contributed by atoms with E-state index < -0.39 is 12.1 Å². The van der Waals surface area contributed by atoms with Crippen molar-refractivity contribution in [2.75, 3.05) is 11.9 Å². The van der Waals surface area contributed by atoms with Gasteiger partial charge < -0.3 is 14.8 Å². The van der Waals surface area contributed by atoms with Crippen molar-refractivity contribution >= 4 is 17.6 Å². The highest BCUT2D eigenvalue weighted by atomic mass is 16.5. The predicted molar refractivity (Wildman–Crippen MR) is 92.2 cm³/mol. The molecule has 2 aromatic rings. The predicted octanol–water partition coefficient (Wildman–Crippen LogP) is 3.66. The van der Waals surface area contributed by atoms with Crippen LogP contribution >= 0.6 is 0 Å². The Morgan fingerprint density at radius 2 is 1.83 bits per heavy atom. The van der Waals surface area contributed by atoms with Crippen molar-refractivity contribution in [1.82, 2.24) is 0 Å². The van der Waals surface area contributed by atoms with E-state index in [1.807, 2.05) is 25.1 Å². The van der Waals surface area contributed by atoms with Crippen LogP contribution in [-0.2, 0) is 9.53 Å². The number of hydrogen-bond donors (Lipinski definition) is 1. The Balaban J connectivity index is 1.97. The number of nitrogens with one attached hydrogen (secondary N) is 1. The topological polar surface area (TPSA) is 64.6 Å². The minimum Gasteiger partial charge on any atom is -0.481 e. The van der Waals surface area contributed by atoms with Gasteiger partial charge in [0.05, 0.1) is 12.2 Å². The van der Waals surface area contributed by atoms with Crippen LogP contribution in [0.25, 0.3) is 0 Å². The van der Waals surface area contributed by atoms with Crippen LogP contribution < -0.4 is 10.1 Å². The molecule has 2 rings (SSSR count). The number of hydrogen-bond acceptors (Lipinski definition) is 4. The van der Waals surface area contributed by atoms with Crippen LogP contribution in [0.4, 0.5) is 5.69 Å². The molecule has 1 N–H and O–H groups in total. The van der Waals surface area contributed by atoms with Gasteiger partial charge in [-0.15, -0.1) is 0 Å². The molecule has 5 heteroatoms. The number of esters is 1. The van der Waals surface area contributed by atoms with Crippen molar-refractivity contribution in [3.8, 4) is 5.75 Å². The van der Waals surface area contributed by atoms with Gasteiger partial charge in [-0.3, -0.25) is 4.79 Å². The maximum absolute atomic E-state index is 12.2. The number of rotatable bonds is 7. The molecule has 0 aromatic heterocycles. The lowest BCUT2D eigenvalue weighted by Crippen LogP contribution is -2.30. The summed E-state index contributed by atoms with van der Waals surface area (Å²) in [6.45, 7) is 3.97. The fourth-order valence-electron chi connectivity index (χ4n) is 2.00. The van der Waals surface area contributed by atoms with Gasteiger partial charge in [0.25, 0.3) is 5.91 Å². The first-order valence-corrected chi connectivity index (χ1v) is 7.90. The molecule has 0 aliphatic carbocycles. The van der Waals surface area contributed by atoms with Gasteiger partial charge in [-0.25, -0.2) is 4.79 Å². The molecule has 126 valence electrons. The molecule has 1 amide bonds. The van der Waals surface area contributed by atoms with Gasteiger partial charge in [-0.2, -0.15) is 0 Å². The highest BCUT2D eigenvalue weighted by molar-refractivity contribution is 5.96. The summed E-state index contributed by atoms with van der Waals surface area (Å²) in [6.07, 6.45) is 0.0966. The van der Waals surface area contributed by atoms with Gasteiger partial charge in [0, 0.05) is 5.69 Å². The van der Waals surface area contributed by atoms with E-state index in [1.165, 1.54) is 0 Å². The first-order valence-electron chi connectivity index (χ1n) is 7.90. The lowest BCUT2D eigenvalue weighted by atomic mass is 10.2. The third-order valence-electron chi connectivity index (χ3n) is 3.23. The van der Waals surface area contributed by atoms with Crippen LogP contribution in [-0.4, -0.2) is 24.6 Å². The van der Waals surface area contributed by atoms with Crippen LogP contribution in [0.3, 0.4) is 0 Å². The van der Waals surface area contributed by atoms with Crippen molar-refractivity contribution in [1.29, 1.82) is 0 Å². The van der Waals surface area contributed by atoms with Crippen LogP contribution in [0.15, 0.2) is 54.6 Å². The van der Waals surface area contributed by atoms with Crippen molar-refractivity contribution in [2.45, 2.75) is 26.4 Å². The van der Waals surface area contributed by atoms with E-state index in [9.17, 15) is 9.59 Å². The fourth-order valence-corrected chi connectivity index (χ4v) is 2.00. The zero-order valence-electron chi connectivity index (χ0n) is 13.8. The Morgan fingerprint density at radius 1 is 1.08 bits per heavy atom. The molecule has 24 heavy (non-hydrogen) atoms. The van der Waals surface area contributed by atoms with Crippen molar-refractivity contribution in [2.24, 2.45) is 0 Å². The summed E-state index contributed by atoms with van der Waals surface area (Å²) in [4.78, 5) is 24.1. The second-order valence-electron chi connectivity index (χ2n) is 5.28. The van der Waals surface area contributed by atoms with Crippen LogP contribution in [0.1, 0.15) is 30.6 Å². The third kappa shape index (κ3) is 5.12. The van der Waals surface area contributed by atoms with Gasteiger partial charge in [-0.1, -0.05) is 31.2 Å². The van der Waals surface area contributed by atoms with Gasteiger partial charge in [-0.05, 0) is 43.7 Å². The first kappa shape index (κ1) is 17.5. The second kappa shape index (κ2) is 8.72. The quantitative estimate of drug-likeness (QED) is 0.788. The van der Waals surface area contributed by atoms with Crippen LogP contribution in [0.5, 0.6) is 5.75 Å². The molecule has 1 unspecified atom stereocenters. The minimum atomic E-state index is -0.664. The van der Waals surface area contributed by atoms with E-state index in [4.69, 9.17) is 9.47 Å². The molecular weight excluding hydrogens is 306 g/mol. The molecule has 5 nitrogen and oxygen atoms in total. The molecule has 2 aromatic carbocycles. The van der Waals surface area contributed by atoms with Gasteiger partial charge in [0.15, 0.2) is 6.10 Å². The average Bonchev–Trinajstić information content (AvgIpc) is 2.60. The molecule has 0 fully saturated rings. The lowest BCUT2D eigenvalue weighted by molar-refractivity contribution is -0.122. The zero-order valence-corrected chi connectivity index (χ0v) is 13.8. The molecule has 0 radical (unpaired) electrons. The van der Waals surface area contributed by atoms with E-state index in [0.717, 1.165) is 6.42 Å². The van der Waals surface area contributed by atoms with Gasteiger partial charge in [0.2, 0.25) is 0 Å². The molecule has 0 aliphatic heterocycles. The molecule has 0 bridgehead atoms. The van der Waals surface area contributed by atoms with Crippen molar-refractivity contribution < 1.29 is 19.1 Å². The standard InChI is InChI=1S/C19H21NO4/c1-3-12-23-19(22)15-8-7-9-16(13-15)20-18(21)14(2)24-17-10-5-4-6-11-17/h4-11,13-14H,3,12H2,1-2H3,(H,20,21). The van der Waals surface area contributed by atoms with Crippen molar-refractivity contribution in [3.05, 3.63) is 60.2 Å². The highest BCUT2D eigenvalue weighted by Gasteiger charge is 2.15. The number of amides is 1. The van der Waals surface area contributed by atoms with E-state index >= 15 is 0 Å². The average molecular weight is 327 g/mol. The summed E-state index contributed by atoms with van der Waals surface area (Å²) < 4.78 is 10.7. The van der Waals surface area contributed by atoms with Crippen LogP contribution in [0, 0.1) is 0 Å². The second-order valence-corrected chi connectivity index (χ2v) is 5.28. The Labute approximate surface area is 141 Å². The van der Waals surface area contributed by atoms with Crippen molar-refractivity contribution in [3.63, 3.8) is 0 Å². The number of carbonyl (C=O) groups excluding carboxylic acids is 2. The monoisotopic (exact) mass is 327 g/mol. The van der Waals surface area contributed by atoms with Gasteiger partial charge >= 0.3 is 5.97 Å². The Bertz CT molecular complexity index is 685. The van der Waals surface area contributed by atoms with E-state index in [0.29, 0.717) is 23.6 Å². The number of para-hydroxylation sites is 1. The summed E-state index contributed by atoms with van der Waals surface area (Å²) in [6, 6.07) is 15.8. The molecule has 0 spiro atoms. The minimum absolute atomic E-state index is 0.294. The molecule has 1 atom stereocenters. The number of carbonyl (C=O) groups is 2. The van der Waals surface area contributed by atoms with E-state index in [-0.39, 0.29) is 5.91 Å². The zero-order chi connectivity index (χ0) is 17.4. The molecule has 0 saturated heterocycles. The number of benzene rings is 2. The highest BCUT2D eigenvalue weighted by Crippen LogP contribution is 2.15. The van der Waals surface area contributed by atoms with E-state index in [2.05, 4.69) is 5.32 Å². The summed E-state index contributed by atoms with van der Waals surface area (Å²) in [5.41, 5.74) is 0.923. The number of anilines is 1. The summed E-state index contributed by atoms with van der Waals surface area (Å²) >= 11 is 0. The molecular formula is C19H21NO4. The Hall–Kier alpha value is -2.82. The van der Waals surface area contributed by atoms with Crippen LogP contribution in [0.2, 0.25) is 0 Å². The largest absolute Gasteiger partial charge is 0.481 e. The maximum Gasteiger partial charge on any atom is 0.338 e. The number of ether oxygens (including phenoxy) is 2. The molecule has 0 aliphatic rings.